The average Bonchev–Trinajstić information content (AvgIpc) is 2.74. The third-order valence-electron chi connectivity index (χ3n) is 3.28. The molecule has 1 fully saturated rings. The van der Waals surface area contributed by atoms with Crippen molar-refractivity contribution >= 4 is 11.9 Å². The van der Waals surface area contributed by atoms with Gasteiger partial charge in [0, 0.05) is 19.4 Å². The van der Waals surface area contributed by atoms with Gasteiger partial charge in [-0.15, -0.1) is 0 Å². The second-order valence-corrected chi connectivity index (χ2v) is 4.30. The summed E-state index contributed by atoms with van der Waals surface area (Å²) in [6.45, 7) is 1.94. The molecule has 0 spiro atoms. The van der Waals surface area contributed by atoms with E-state index in [9.17, 15) is 14.7 Å². The molecule has 1 aromatic carbocycles. The standard InChI is InChI=1S/C13H15NO3/c1-9(15)14-8-7-11(12(14)13(16)17)10-5-3-2-4-6-10/h2-6,11-12H,7-8H2,1H3,(H,16,17). The highest BCUT2D eigenvalue weighted by atomic mass is 16.4. The highest BCUT2D eigenvalue weighted by molar-refractivity contribution is 5.84. The average molecular weight is 233 g/mol. The van der Waals surface area contributed by atoms with Gasteiger partial charge in [-0.3, -0.25) is 4.79 Å². The fourth-order valence-electron chi connectivity index (χ4n) is 2.50. The van der Waals surface area contributed by atoms with Gasteiger partial charge in [0.2, 0.25) is 5.91 Å². The molecule has 17 heavy (non-hydrogen) atoms. The van der Waals surface area contributed by atoms with Gasteiger partial charge in [0.25, 0.3) is 0 Å². The fraction of sp³-hybridized carbons (Fsp3) is 0.385. The lowest BCUT2D eigenvalue weighted by atomic mass is 9.92. The Bertz CT molecular complexity index is 430. The molecule has 1 N–H and O–H groups in total. The normalized spacial score (nSPS) is 23.7. The SMILES string of the molecule is CC(=O)N1CCC(c2ccccc2)C1C(=O)O. The van der Waals surface area contributed by atoms with Crippen LogP contribution in [0.25, 0.3) is 0 Å². The van der Waals surface area contributed by atoms with Crippen LogP contribution in [-0.4, -0.2) is 34.5 Å². The number of nitrogens with zero attached hydrogens (tertiary/aromatic N) is 1. The number of carboxylic acids is 1. The lowest BCUT2D eigenvalue weighted by Gasteiger charge is -2.23. The summed E-state index contributed by atoms with van der Waals surface area (Å²) < 4.78 is 0. The number of likely N-dealkylation sites (tertiary alicyclic amines) is 1. The second kappa shape index (κ2) is 4.57. The van der Waals surface area contributed by atoms with Gasteiger partial charge in [-0.05, 0) is 12.0 Å². The summed E-state index contributed by atoms with van der Waals surface area (Å²) in [6.07, 6.45) is 0.709. The number of carboxylic acid groups (broad SMARTS) is 1. The number of hydrogen-bond acceptors (Lipinski definition) is 2. The quantitative estimate of drug-likeness (QED) is 0.841. The number of rotatable bonds is 2. The molecule has 0 radical (unpaired) electrons. The Morgan fingerprint density at radius 1 is 1.29 bits per heavy atom. The first-order valence-electron chi connectivity index (χ1n) is 5.66. The summed E-state index contributed by atoms with van der Waals surface area (Å²) in [5.74, 6) is -1.19. The number of benzene rings is 1. The summed E-state index contributed by atoms with van der Waals surface area (Å²) in [4.78, 5) is 24.2. The third kappa shape index (κ3) is 2.16. The molecule has 2 atom stereocenters. The maximum atomic E-state index is 11.4. The molecule has 0 saturated carbocycles. The molecule has 2 unspecified atom stereocenters. The van der Waals surface area contributed by atoms with Gasteiger partial charge in [-0.1, -0.05) is 30.3 Å². The van der Waals surface area contributed by atoms with E-state index in [1.54, 1.807) is 0 Å². The number of carbonyl (C=O) groups is 2. The van der Waals surface area contributed by atoms with E-state index in [-0.39, 0.29) is 11.8 Å². The first kappa shape index (κ1) is 11.6. The molecular weight excluding hydrogens is 218 g/mol. The van der Waals surface area contributed by atoms with Crippen LogP contribution in [0.15, 0.2) is 30.3 Å². The van der Waals surface area contributed by atoms with Gasteiger partial charge >= 0.3 is 5.97 Å². The van der Waals surface area contributed by atoms with Crippen LogP contribution in [0.4, 0.5) is 0 Å². The zero-order valence-corrected chi connectivity index (χ0v) is 9.67. The Morgan fingerprint density at radius 3 is 2.47 bits per heavy atom. The van der Waals surface area contributed by atoms with Crippen molar-refractivity contribution in [3.8, 4) is 0 Å². The van der Waals surface area contributed by atoms with E-state index in [4.69, 9.17) is 0 Å². The van der Waals surface area contributed by atoms with Gasteiger partial charge in [0.15, 0.2) is 0 Å². The zero-order chi connectivity index (χ0) is 12.4. The molecule has 1 heterocycles. The predicted molar refractivity (Wildman–Crippen MR) is 62.6 cm³/mol. The van der Waals surface area contributed by atoms with Crippen LogP contribution in [0.5, 0.6) is 0 Å². The van der Waals surface area contributed by atoms with Crippen LogP contribution in [0.2, 0.25) is 0 Å². The summed E-state index contributed by atoms with van der Waals surface area (Å²) in [6, 6.07) is 8.80. The number of hydrogen-bond donors (Lipinski definition) is 1. The minimum atomic E-state index is -0.924. The molecule has 2 rings (SSSR count). The first-order chi connectivity index (χ1) is 8.11. The zero-order valence-electron chi connectivity index (χ0n) is 9.67. The largest absolute Gasteiger partial charge is 0.480 e. The van der Waals surface area contributed by atoms with Crippen molar-refractivity contribution in [1.82, 2.24) is 4.90 Å². The topological polar surface area (TPSA) is 57.6 Å². The maximum Gasteiger partial charge on any atom is 0.327 e. The molecule has 1 aliphatic rings. The predicted octanol–water partition coefficient (Wildman–Crippen LogP) is 1.48. The summed E-state index contributed by atoms with van der Waals surface area (Å²) in [5, 5.41) is 9.27. The molecule has 90 valence electrons. The molecule has 1 aliphatic heterocycles. The van der Waals surface area contributed by atoms with Crippen LogP contribution < -0.4 is 0 Å². The van der Waals surface area contributed by atoms with Gasteiger partial charge in [-0.2, -0.15) is 0 Å². The van der Waals surface area contributed by atoms with Crippen LogP contribution >= 0.6 is 0 Å². The van der Waals surface area contributed by atoms with Crippen molar-refractivity contribution in [2.75, 3.05) is 6.54 Å². The first-order valence-corrected chi connectivity index (χ1v) is 5.66. The van der Waals surface area contributed by atoms with Gasteiger partial charge in [-0.25, -0.2) is 4.79 Å². The highest BCUT2D eigenvalue weighted by Crippen LogP contribution is 2.33. The molecule has 0 bridgehead atoms. The van der Waals surface area contributed by atoms with Crippen molar-refractivity contribution < 1.29 is 14.7 Å². The van der Waals surface area contributed by atoms with E-state index in [0.717, 1.165) is 5.56 Å². The van der Waals surface area contributed by atoms with Crippen LogP contribution in [0.1, 0.15) is 24.8 Å². The summed E-state index contributed by atoms with van der Waals surface area (Å²) in [5.41, 5.74) is 0.989. The van der Waals surface area contributed by atoms with E-state index in [1.165, 1.54) is 11.8 Å². The van der Waals surface area contributed by atoms with E-state index in [0.29, 0.717) is 13.0 Å². The Kier molecular flexibility index (Phi) is 3.13. The third-order valence-corrected chi connectivity index (χ3v) is 3.28. The van der Waals surface area contributed by atoms with E-state index in [1.807, 2.05) is 30.3 Å². The highest BCUT2D eigenvalue weighted by Gasteiger charge is 2.41. The van der Waals surface area contributed by atoms with Gasteiger partial charge < -0.3 is 10.0 Å². The Balaban J connectivity index is 2.30. The smallest absolute Gasteiger partial charge is 0.327 e. The van der Waals surface area contributed by atoms with Crippen LogP contribution in [-0.2, 0) is 9.59 Å². The molecule has 4 heteroatoms. The summed E-state index contributed by atoms with van der Waals surface area (Å²) >= 11 is 0. The van der Waals surface area contributed by atoms with Crippen molar-refractivity contribution in [3.63, 3.8) is 0 Å². The minimum Gasteiger partial charge on any atom is -0.480 e. The fourth-order valence-corrected chi connectivity index (χ4v) is 2.50. The van der Waals surface area contributed by atoms with E-state index >= 15 is 0 Å². The van der Waals surface area contributed by atoms with Gasteiger partial charge in [0.1, 0.15) is 6.04 Å². The van der Waals surface area contributed by atoms with Crippen molar-refractivity contribution in [3.05, 3.63) is 35.9 Å². The molecule has 1 amide bonds. The Morgan fingerprint density at radius 2 is 1.94 bits per heavy atom. The second-order valence-electron chi connectivity index (χ2n) is 4.30. The summed E-state index contributed by atoms with van der Waals surface area (Å²) in [7, 11) is 0. The molecule has 1 aromatic rings. The Hall–Kier alpha value is -1.84. The lowest BCUT2D eigenvalue weighted by molar-refractivity contribution is -0.147. The van der Waals surface area contributed by atoms with Crippen molar-refractivity contribution in [2.45, 2.75) is 25.3 Å². The molecular formula is C13H15NO3. The lowest BCUT2D eigenvalue weighted by Crippen LogP contribution is -2.41. The molecule has 1 saturated heterocycles. The Labute approximate surface area is 99.9 Å². The van der Waals surface area contributed by atoms with Crippen LogP contribution in [0.3, 0.4) is 0 Å². The molecule has 0 aliphatic carbocycles. The number of amides is 1. The number of aliphatic carboxylic acids is 1. The minimum absolute atomic E-state index is 0.0994. The van der Waals surface area contributed by atoms with Gasteiger partial charge in [0.05, 0.1) is 0 Å². The maximum absolute atomic E-state index is 11.4. The van der Waals surface area contributed by atoms with Crippen molar-refractivity contribution in [1.29, 1.82) is 0 Å². The monoisotopic (exact) mass is 233 g/mol. The molecule has 4 nitrogen and oxygen atoms in total. The van der Waals surface area contributed by atoms with Crippen LogP contribution in [0, 0.1) is 0 Å². The molecule has 0 aromatic heterocycles. The van der Waals surface area contributed by atoms with E-state index < -0.39 is 12.0 Å². The van der Waals surface area contributed by atoms with E-state index in [2.05, 4.69) is 0 Å². The van der Waals surface area contributed by atoms with Crippen molar-refractivity contribution in [2.24, 2.45) is 0 Å². The number of carbonyl (C=O) groups excluding carboxylic acids is 1.